The lowest BCUT2D eigenvalue weighted by Gasteiger charge is -2.32. The van der Waals surface area contributed by atoms with E-state index in [9.17, 15) is 4.79 Å². The number of carbonyl (C=O) groups excluding carboxylic acids is 1. The lowest BCUT2D eigenvalue weighted by molar-refractivity contribution is -0.133. The molecule has 2 aliphatic rings. The summed E-state index contributed by atoms with van der Waals surface area (Å²) in [6, 6.07) is 15.9. The van der Waals surface area contributed by atoms with Crippen molar-refractivity contribution in [2.24, 2.45) is 0 Å². The van der Waals surface area contributed by atoms with Gasteiger partial charge in [-0.2, -0.15) is 5.10 Å². The van der Waals surface area contributed by atoms with Gasteiger partial charge in [0, 0.05) is 30.9 Å². The molecule has 31 heavy (non-hydrogen) atoms. The molecule has 2 aliphatic heterocycles. The van der Waals surface area contributed by atoms with E-state index >= 15 is 0 Å². The zero-order valence-corrected chi connectivity index (χ0v) is 17.3. The maximum absolute atomic E-state index is 13.0. The van der Waals surface area contributed by atoms with Gasteiger partial charge in [0.1, 0.15) is 6.10 Å². The molecule has 0 saturated carbocycles. The average molecular weight is 420 g/mol. The van der Waals surface area contributed by atoms with Gasteiger partial charge in [-0.05, 0) is 30.2 Å². The van der Waals surface area contributed by atoms with E-state index in [1.807, 2.05) is 43.3 Å². The zero-order valence-electron chi connectivity index (χ0n) is 17.3. The summed E-state index contributed by atoms with van der Waals surface area (Å²) in [6.07, 6.45) is -0.556. The Labute approximate surface area is 180 Å². The maximum Gasteiger partial charge on any atom is 0.256 e. The fraction of sp³-hybridized carbons (Fsp3) is 0.304. The number of hydrogen-bond donors (Lipinski definition) is 2. The maximum atomic E-state index is 13.0. The molecule has 160 valence electrons. The molecule has 3 heterocycles. The second kappa shape index (κ2) is 8.41. The number of aryl methyl sites for hydroxylation is 1. The van der Waals surface area contributed by atoms with Crippen molar-refractivity contribution in [3.05, 3.63) is 59.8 Å². The van der Waals surface area contributed by atoms with Crippen molar-refractivity contribution in [3.63, 3.8) is 0 Å². The standard InChI is InChI=1S/C23H24N4O4/c1-15-21(17-7-8-18-19(11-17)31-14-30-18)22(26-25-15)24-23(28)20-13-27(9-10-29-20)12-16-5-3-2-4-6-16/h2-8,11,20H,9-10,12-14H2,1H3,(H2,24,25,26,28)/t20-/m0/s1. The number of aromatic nitrogens is 2. The molecule has 0 spiro atoms. The van der Waals surface area contributed by atoms with Crippen molar-refractivity contribution in [1.29, 1.82) is 0 Å². The third-order valence-electron chi connectivity index (χ3n) is 5.54. The van der Waals surface area contributed by atoms with E-state index in [4.69, 9.17) is 14.2 Å². The first-order valence-electron chi connectivity index (χ1n) is 10.3. The van der Waals surface area contributed by atoms with Crippen LogP contribution in [0, 0.1) is 6.92 Å². The number of amides is 1. The van der Waals surface area contributed by atoms with Gasteiger partial charge in [-0.15, -0.1) is 0 Å². The van der Waals surface area contributed by atoms with Gasteiger partial charge >= 0.3 is 0 Å². The fourth-order valence-corrected chi connectivity index (χ4v) is 3.97. The predicted octanol–water partition coefficient (Wildman–Crippen LogP) is 2.95. The van der Waals surface area contributed by atoms with E-state index in [0.29, 0.717) is 30.5 Å². The largest absolute Gasteiger partial charge is 0.454 e. The Kier molecular flexibility index (Phi) is 5.31. The quantitative estimate of drug-likeness (QED) is 0.660. The summed E-state index contributed by atoms with van der Waals surface area (Å²) in [5.41, 5.74) is 3.78. The molecule has 1 aromatic heterocycles. The number of aromatic amines is 1. The summed E-state index contributed by atoms with van der Waals surface area (Å²) >= 11 is 0. The number of fused-ring (bicyclic) bond motifs is 1. The molecule has 1 atom stereocenters. The van der Waals surface area contributed by atoms with Gasteiger partial charge in [0.25, 0.3) is 5.91 Å². The minimum atomic E-state index is -0.556. The summed E-state index contributed by atoms with van der Waals surface area (Å²) in [5, 5.41) is 10.2. The molecule has 2 aromatic carbocycles. The van der Waals surface area contributed by atoms with Crippen LogP contribution < -0.4 is 14.8 Å². The Balaban J connectivity index is 1.30. The molecule has 8 nitrogen and oxygen atoms in total. The highest BCUT2D eigenvalue weighted by molar-refractivity contribution is 5.97. The van der Waals surface area contributed by atoms with Gasteiger partial charge in [0.2, 0.25) is 6.79 Å². The monoisotopic (exact) mass is 420 g/mol. The molecule has 0 unspecified atom stereocenters. The lowest BCUT2D eigenvalue weighted by atomic mass is 10.0. The number of ether oxygens (including phenoxy) is 3. The van der Waals surface area contributed by atoms with E-state index in [2.05, 4.69) is 32.5 Å². The van der Waals surface area contributed by atoms with E-state index in [-0.39, 0.29) is 12.7 Å². The number of nitrogens with zero attached hydrogens (tertiary/aromatic N) is 2. The zero-order chi connectivity index (χ0) is 21.2. The first kappa shape index (κ1) is 19.6. The smallest absolute Gasteiger partial charge is 0.256 e. The van der Waals surface area contributed by atoms with E-state index in [1.165, 1.54) is 5.56 Å². The molecule has 1 saturated heterocycles. The van der Waals surface area contributed by atoms with Crippen molar-refractivity contribution in [1.82, 2.24) is 15.1 Å². The third kappa shape index (κ3) is 4.12. The second-order valence-electron chi connectivity index (χ2n) is 7.71. The van der Waals surface area contributed by atoms with Gasteiger partial charge in [-0.1, -0.05) is 36.4 Å². The van der Waals surface area contributed by atoms with Crippen LogP contribution in [0.1, 0.15) is 11.3 Å². The van der Waals surface area contributed by atoms with Gasteiger partial charge in [0.05, 0.1) is 6.61 Å². The molecule has 1 amide bonds. The van der Waals surface area contributed by atoms with Crippen LogP contribution in [-0.4, -0.2) is 53.6 Å². The molecular weight excluding hydrogens is 396 g/mol. The Hall–Kier alpha value is -3.36. The summed E-state index contributed by atoms with van der Waals surface area (Å²) in [4.78, 5) is 15.2. The summed E-state index contributed by atoms with van der Waals surface area (Å²) in [5.74, 6) is 1.67. The van der Waals surface area contributed by atoms with Crippen LogP contribution in [0.4, 0.5) is 5.82 Å². The SMILES string of the molecule is Cc1[nH]nc(NC(=O)[C@@H]2CN(Cc3ccccc3)CCO2)c1-c1ccc2c(c1)OCO2. The van der Waals surface area contributed by atoms with Crippen LogP contribution in [0.5, 0.6) is 11.5 Å². The molecule has 2 N–H and O–H groups in total. The Morgan fingerprint density at radius 1 is 1.19 bits per heavy atom. The van der Waals surface area contributed by atoms with Crippen LogP contribution in [0.3, 0.4) is 0 Å². The average Bonchev–Trinajstić information content (AvgIpc) is 3.40. The van der Waals surface area contributed by atoms with Crippen LogP contribution in [0.2, 0.25) is 0 Å². The normalized spacial score (nSPS) is 18.2. The topological polar surface area (TPSA) is 88.7 Å². The molecule has 0 aliphatic carbocycles. The second-order valence-corrected chi connectivity index (χ2v) is 7.71. The molecule has 0 radical (unpaired) electrons. The van der Waals surface area contributed by atoms with Crippen molar-refractivity contribution < 1.29 is 19.0 Å². The van der Waals surface area contributed by atoms with E-state index in [1.54, 1.807) is 0 Å². The summed E-state index contributed by atoms with van der Waals surface area (Å²) in [7, 11) is 0. The number of morpholine rings is 1. The van der Waals surface area contributed by atoms with Crippen LogP contribution in [0.25, 0.3) is 11.1 Å². The highest BCUT2D eigenvalue weighted by atomic mass is 16.7. The first-order chi connectivity index (χ1) is 15.2. The molecule has 5 rings (SSSR count). The summed E-state index contributed by atoms with van der Waals surface area (Å²) < 4.78 is 16.6. The number of carbonyl (C=O) groups is 1. The van der Waals surface area contributed by atoms with E-state index in [0.717, 1.165) is 29.9 Å². The van der Waals surface area contributed by atoms with Crippen molar-refractivity contribution >= 4 is 11.7 Å². The van der Waals surface area contributed by atoms with E-state index < -0.39 is 6.10 Å². The van der Waals surface area contributed by atoms with Crippen LogP contribution in [0.15, 0.2) is 48.5 Å². The third-order valence-corrected chi connectivity index (χ3v) is 5.54. The first-order valence-corrected chi connectivity index (χ1v) is 10.3. The highest BCUT2D eigenvalue weighted by Gasteiger charge is 2.28. The number of benzene rings is 2. The highest BCUT2D eigenvalue weighted by Crippen LogP contribution is 2.38. The van der Waals surface area contributed by atoms with Gasteiger partial charge < -0.3 is 19.5 Å². The van der Waals surface area contributed by atoms with Crippen molar-refractivity contribution in [2.75, 3.05) is 31.8 Å². The number of anilines is 1. The van der Waals surface area contributed by atoms with Gasteiger partial charge in [0.15, 0.2) is 17.3 Å². The van der Waals surface area contributed by atoms with Crippen molar-refractivity contribution in [3.8, 4) is 22.6 Å². The number of H-pyrrole nitrogens is 1. The predicted molar refractivity (Wildman–Crippen MR) is 115 cm³/mol. The molecule has 0 bridgehead atoms. The summed E-state index contributed by atoms with van der Waals surface area (Å²) in [6.45, 7) is 4.76. The number of nitrogens with one attached hydrogen (secondary N) is 2. The minimum Gasteiger partial charge on any atom is -0.454 e. The van der Waals surface area contributed by atoms with Gasteiger partial charge in [-0.25, -0.2) is 0 Å². The van der Waals surface area contributed by atoms with Crippen LogP contribution in [-0.2, 0) is 16.1 Å². The molecule has 8 heteroatoms. The Morgan fingerprint density at radius 3 is 2.90 bits per heavy atom. The Morgan fingerprint density at radius 2 is 2.03 bits per heavy atom. The molecule has 1 fully saturated rings. The fourth-order valence-electron chi connectivity index (χ4n) is 3.97. The minimum absolute atomic E-state index is 0.203. The number of hydrogen-bond acceptors (Lipinski definition) is 6. The number of rotatable bonds is 5. The Bertz CT molecular complexity index is 1080. The van der Waals surface area contributed by atoms with Gasteiger partial charge in [-0.3, -0.25) is 14.8 Å². The molecule has 3 aromatic rings. The van der Waals surface area contributed by atoms with Crippen LogP contribution >= 0.6 is 0 Å². The molecular formula is C23H24N4O4. The van der Waals surface area contributed by atoms with Crippen molar-refractivity contribution in [2.45, 2.75) is 19.6 Å². The lowest BCUT2D eigenvalue weighted by Crippen LogP contribution is -2.47.